The molecule has 0 spiro atoms. The van der Waals surface area contributed by atoms with Crippen molar-refractivity contribution < 1.29 is 14.3 Å². The number of imide groups is 1. The fraction of sp³-hybridized carbons (Fsp3) is 0.300. The van der Waals surface area contributed by atoms with Crippen molar-refractivity contribution in [1.29, 1.82) is 0 Å². The third kappa shape index (κ3) is 3.27. The van der Waals surface area contributed by atoms with Crippen LogP contribution in [0, 0.1) is 13.8 Å². The molecule has 3 amide bonds. The van der Waals surface area contributed by atoms with Crippen molar-refractivity contribution in [3.63, 3.8) is 0 Å². The van der Waals surface area contributed by atoms with Crippen molar-refractivity contribution in [2.24, 2.45) is 0 Å². The molecule has 1 aliphatic heterocycles. The van der Waals surface area contributed by atoms with Crippen molar-refractivity contribution in [3.8, 4) is 5.75 Å². The zero-order valence-corrected chi connectivity index (χ0v) is 15.8. The maximum atomic E-state index is 12.9. The molecule has 2 aromatic carbocycles. The van der Waals surface area contributed by atoms with Crippen LogP contribution < -0.4 is 10.1 Å². The Labute approximate surface area is 157 Å². The molecule has 3 rings (SSSR count). The molecule has 0 aliphatic carbocycles. The number of amides is 3. The predicted octanol–water partition coefficient (Wildman–Crippen LogP) is 3.80. The van der Waals surface area contributed by atoms with Crippen LogP contribution in [-0.2, 0) is 10.3 Å². The number of halogens is 1. The van der Waals surface area contributed by atoms with E-state index >= 15 is 0 Å². The highest BCUT2D eigenvalue weighted by Gasteiger charge is 2.48. The number of carbonyl (C=O) groups excluding carboxylic acids is 2. The first-order valence-electron chi connectivity index (χ1n) is 8.42. The number of hydrogen-bond donors (Lipinski definition) is 1. The Morgan fingerprint density at radius 1 is 1.08 bits per heavy atom. The van der Waals surface area contributed by atoms with Gasteiger partial charge in [0.1, 0.15) is 17.9 Å². The zero-order chi connectivity index (χ0) is 18.9. The highest BCUT2D eigenvalue weighted by Crippen LogP contribution is 2.29. The standard InChI is InChI=1S/C20H21ClN2O3/c1-13-5-4-6-14(2)17(13)26-12-11-23-18(24)20(3,22-19(23)25)15-7-9-16(21)10-8-15/h4-10H,11-12H2,1-3H3,(H,22,25). The van der Waals surface area contributed by atoms with Crippen molar-refractivity contribution in [1.82, 2.24) is 10.2 Å². The molecule has 0 bridgehead atoms. The molecule has 1 fully saturated rings. The summed E-state index contributed by atoms with van der Waals surface area (Å²) in [5.74, 6) is 0.495. The summed E-state index contributed by atoms with van der Waals surface area (Å²) < 4.78 is 5.82. The van der Waals surface area contributed by atoms with Gasteiger partial charge in [-0.05, 0) is 49.6 Å². The van der Waals surface area contributed by atoms with Gasteiger partial charge in [0.2, 0.25) is 0 Å². The Hall–Kier alpha value is -2.53. The molecular formula is C20H21ClN2O3. The second-order valence-corrected chi connectivity index (χ2v) is 7.02. The Morgan fingerprint density at radius 2 is 1.69 bits per heavy atom. The number of ether oxygens (including phenoxy) is 1. The van der Waals surface area contributed by atoms with Crippen LogP contribution >= 0.6 is 11.6 Å². The van der Waals surface area contributed by atoms with Crippen LogP contribution in [0.15, 0.2) is 42.5 Å². The average molecular weight is 373 g/mol. The van der Waals surface area contributed by atoms with Gasteiger partial charge in [-0.1, -0.05) is 41.9 Å². The predicted molar refractivity (Wildman–Crippen MR) is 100 cm³/mol. The minimum Gasteiger partial charge on any atom is -0.491 e. The lowest BCUT2D eigenvalue weighted by atomic mass is 9.92. The summed E-state index contributed by atoms with van der Waals surface area (Å²) >= 11 is 5.91. The van der Waals surface area contributed by atoms with Gasteiger partial charge in [-0.25, -0.2) is 4.79 Å². The van der Waals surface area contributed by atoms with Gasteiger partial charge in [-0.3, -0.25) is 9.69 Å². The number of nitrogens with zero attached hydrogens (tertiary/aromatic N) is 1. The van der Waals surface area contributed by atoms with E-state index in [2.05, 4.69) is 5.32 Å². The third-order valence-corrected chi connectivity index (χ3v) is 4.92. The molecule has 136 valence electrons. The molecule has 6 heteroatoms. The quantitative estimate of drug-likeness (QED) is 0.812. The summed E-state index contributed by atoms with van der Waals surface area (Å²) in [7, 11) is 0. The molecule has 0 aromatic heterocycles. The number of benzene rings is 2. The monoisotopic (exact) mass is 372 g/mol. The maximum Gasteiger partial charge on any atom is 0.325 e. The summed E-state index contributed by atoms with van der Waals surface area (Å²) in [4.78, 5) is 26.4. The Bertz CT molecular complexity index is 830. The molecule has 1 aliphatic rings. The molecule has 1 unspecified atom stereocenters. The van der Waals surface area contributed by atoms with Gasteiger partial charge < -0.3 is 10.1 Å². The number of urea groups is 1. The van der Waals surface area contributed by atoms with E-state index in [0.29, 0.717) is 10.6 Å². The summed E-state index contributed by atoms with van der Waals surface area (Å²) in [5.41, 5.74) is 1.64. The fourth-order valence-corrected chi connectivity index (χ4v) is 3.27. The van der Waals surface area contributed by atoms with E-state index < -0.39 is 11.6 Å². The largest absolute Gasteiger partial charge is 0.491 e. The van der Waals surface area contributed by atoms with E-state index in [1.807, 2.05) is 32.0 Å². The molecule has 1 heterocycles. The van der Waals surface area contributed by atoms with Crippen molar-refractivity contribution in [3.05, 3.63) is 64.2 Å². The van der Waals surface area contributed by atoms with E-state index in [1.54, 1.807) is 31.2 Å². The van der Waals surface area contributed by atoms with Gasteiger partial charge in [0.05, 0.1) is 6.54 Å². The molecule has 5 nitrogen and oxygen atoms in total. The first kappa shape index (κ1) is 18.3. The van der Waals surface area contributed by atoms with Crippen LogP contribution in [0.1, 0.15) is 23.6 Å². The van der Waals surface area contributed by atoms with Crippen molar-refractivity contribution in [2.45, 2.75) is 26.3 Å². The van der Waals surface area contributed by atoms with E-state index in [9.17, 15) is 9.59 Å². The summed E-state index contributed by atoms with van der Waals surface area (Å²) in [6.07, 6.45) is 0. The number of aryl methyl sites for hydroxylation is 2. The Kier molecular flexibility index (Phi) is 4.92. The van der Waals surface area contributed by atoms with Gasteiger partial charge in [-0.15, -0.1) is 0 Å². The number of rotatable bonds is 5. The van der Waals surface area contributed by atoms with Crippen LogP contribution in [0.5, 0.6) is 5.75 Å². The fourth-order valence-electron chi connectivity index (χ4n) is 3.14. The van der Waals surface area contributed by atoms with Gasteiger partial charge in [-0.2, -0.15) is 0 Å². The zero-order valence-electron chi connectivity index (χ0n) is 15.0. The topological polar surface area (TPSA) is 58.6 Å². The first-order chi connectivity index (χ1) is 12.3. The molecule has 0 radical (unpaired) electrons. The van der Waals surface area contributed by atoms with Gasteiger partial charge in [0, 0.05) is 5.02 Å². The number of para-hydroxylation sites is 1. The van der Waals surface area contributed by atoms with Crippen LogP contribution in [0.3, 0.4) is 0 Å². The smallest absolute Gasteiger partial charge is 0.325 e. The van der Waals surface area contributed by atoms with Gasteiger partial charge >= 0.3 is 6.03 Å². The second kappa shape index (κ2) is 7.00. The second-order valence-electron chi connectivity index (χ2n) is 6.59. The van der Waals surface area contributed by atoms with Crippen LogP contribution in [0.4, 0.5) is 4.79 Å². The lowest BCUT2D eigenvalue weighted by Crippen LogP contribution is -2.41. The molecule has 1 saturated heterocycles. The molecule has 1 N–H and O–H groups in total. The van der Waals surface area contributed by atoms with Crippen LogP contribution in [0.2, 0.25) is 5.02 Å². The average Bonchev–Trinajstić information content (AvgIpc) is 2.81. The summed E-state index contributed by atoms with van der Waals surface area (Å²) in [6.45, 7) is 6.05. The van der Waals surface area contributed by atoms with Gasteiger partial charge in [0.25, 0.3) is 5.91 Å². The molecule has 2 aromatic rings. The maximum absolute atomic E-state index is 12.9. The van der Waals surface area contributed by atoms with Crippen LogP contribution in [-0.4, -0.2) is 30.0 Å². The van der Waals surface area contributed by atoms with Crippen LogP contribution in [0.25, 0.3) is 0 Å². The molecule has 0 saturated carbocycles. The van der Waals surface area contributed by atoms with E-state index in [-0.39, 0.29) is 19.1 Å². The highest BCUT2D eigenvalue weighted by atomic mass is 35.5. The lowest BCUT2D eigenvalue weighted by Gasteiger charge is -2.22. The Morgan fingerprint density at radius 3 is 2.31 bits per heavy atom. The number of nitrogens with one attached hydrogen (secondary N) is 1. The molecule has 26 heavy (non-hydrogen) atoms. The lowest BCUT2D eigenvalue weighted by molar-refractivity contribution is -0.131. The third-order valence-electron chi connectivity index (χ3n) is 4.67. The van der Waals surface area contributed by atoms with Gasteiger partial charge in [0.15, 0.2) is 0 Å². The number of carbonyl (C=O) groups is 2. The van der Waals surface area contributed by atoms with E-state index in [0.717, 1.165) is 16.9 Å². The normalized spacial score (nSPS) is 19.6. The minimum atomic E-state index is -1.10. The first-order valence-corrected chi connectivity index (χ1v) is 8.80. The summed E-state index contributed by atoms with van der Waals surface area (Å²) in [6, 6.07) is 12.4. The van der Waals surface area contributed by atoms with Crippen molar-refractivity contribution >= 4 is 23.5 Å². The SMILES string of the molecule is Cc1cccc(C)c1OCCN1C(=O)NC(C)(c2ccc(Cl)cc2)C1=O. The molecular weight excluding hydrogens is 352 g/mol. The van der Waals surface area contributed by atoms with Crippen molar-refractivity contribution in [2.75, 3.05) is 13.2 Å². The van der Waals surface area contributed by atoms with E-state index in [4.69, 9.17) is 16.3 Å². The Balaban J connectivity index is 1.70. The highest BCUT2D eigenvalue weighted by molar-refractivity contribution is 6.30. The molecule has 1 atom stereocenters. The minimum absolute atomic E-state index is 0.182. The summed E-state index contributed by atoms with van der Waals surface area (Å²) in [5, 5.41) is 3.35. The number of hydrogen-bond acceptors (Lipinski definition) is 3. The van der Waals surface area contributed by atoms with E-state index in [1.165, 1.54) is 4.90 Å².